The third-order valence-electron chi connectivity index (χ3n) is 4.32. The standard InChI is InChI=1S/C19H22N2O2S/c1-23-18-6-2-5-17(18)21-19(22)15-7-9-16(10-8-15)24-13-14-4-3-11-20-12-14/h3-4,7-12,17-18H,2,5-6,13H2,1H3,(H,21,22)/t17-,18+/m1/s1. The molecule has 1 heterocycles. The summed E-state index contributed by atoms with van der Waals surface area (Å²) in [6.45, 7) is 0. The first-order valence-corrected chi connectivity index (χ1v) is 9.20. The number of aromatic nitrogens is 1. The van der Waals surface area contributed by atoms with E-state index in [1.807, 2.05) is 36.5 Å². The number of ether oxygens (including phenoxy) is 1. The lowest BCUT2D eigenvalue weighted by molar-refractivity contribution is 0.0722. The van der Waals surface area contributed by atoms with E-state index in [4.69, 9.17) is 4.74 Å². The van der Waals surface area contributed by atoms with Crippen molar-refractivity contribution < 1.29 is 9.53 Å². The van der Waals surface area contributed by atoms with Crippen LogP contribution in [0.15, 0.2) is 53.7 Å². The largest absolute Gasteiger partial charge is 0.379 e. The number of benzene rings is 1. The van der Waals surface area contributed by atoms with Crippen LogP contribution in [0.3, 0.4) is 0 Å². The molecule has 5 heteroatoms. The third-order valence-corrected chi connectivity index (χ3v) is 5.40. The van der Waals surface area contributed by atoms with Gasteiger partial charge in [0.05, 0.1) is 12.1 Å². The number of carbonyl (C=O) groups is 1. The van der Waals surface area contributed by atoms with E-state index in [-0.39, 0.29) is 18.1 Å². The molecule has 126 valence electrons. The molecule has 1 aromatic carbocycles. The zero-order chi connectivity index (χ0) is 16.8. The van der Waals surface area contributed by atoms with E-state index >= 15 is 0 Å². The van der Waals surface area contributed by atoms with Crippen molar-refractivity contribution in [3.8, 4) is 0 Å². The zero-order valence-electron chi connectivity index (χ0n) is 13.8. The maximum absolute atomic E-state index is 12.4. The summed E-state index contributed by atoms with van der Waals surface area (Å²) >= 11 is 1.74. The summed E-state index contributed by atoms with van der Waals surface area (Å²) in [5.74, 6) is 0.851. The fourth-order valence-electron chi connectivity index (χ4n) is 2.98. The summed E-state index contributed by atoms with van der Waals surface area (Å²) in [6.07, 6.45) is 6.91. The van der Waals surface area contributed by atoms with Crippen LogP contribution in [0.5, 0.6) is 0 Å². The van der Waals surface area contributed by atoms with Crippen LogP contribution in [0.1, 0.15) is 35.2 Å². The number of thioether (sulfide) groups is 1. The number of hydrogen-bond acceptors (Lipinski definition) is 4. The Morgan fingerprint density at radius 1 is 1.29 bits per heavy atom. The Kier molecular flexibility index (Phi) is 5.88. The second-order valence-electron chi connectivity index (χ2n) is 5.96. The summed E-state index contributed by atoms with van der Waals surface area (Å²) in [4.78, 5) is 17.6. The summed E-state index contributed by atoms with van der Waals surface area (Å²) in [5.41, 5.74) is 1.89. The minimum atomic E-state index is -0.0206. The van der Waals surface area contributed by atoms with Gasteiger partial charge in [-0.15, -0.1) is 11.8 Å². The van der Waals surface area contributed by atoms with E-state index in [0.29, 0.717) is 5.56 Å². The average molecular weight is 342 g/mol. The summed E-state index contributed by atoms with van der Waals surface area (Å²) < 4.78 is 5.43. The Balaban J connectivity index is 1.54. The van der Waals surface area contributed by atoms with Crippen molar-refractivity contribution >= 4 is 17.7 Å². The molecule has 1 N–H and O–H groups in total. The fourth-order valence-corrected chi connectivity index (χ4v) is 3.81. The van der Waals surface area contributed by atoms with Crippen molar-refractivity contribution in [2.24, 2.45) is 0 Å². The fraction of sp³-hybridized carbons (Fsp3) is 0.368. The molecule has 3 rings (SSSR count). The quantitative estimate of drug-likeness (QED) is 0.814. The molecular formula is C19H22N2O2S. The minimum absolute atomic E-state index is 0.0206. The van der Waals surface area contributed by atoms with Gasteiger partial charge in [0.25, 0.3) is 5.91 Å². The predicted octanol–water partition coefficient (Wildman–Crippen LogP) is 3.67. The van der Waals surface area contributed by atoms with Crippen molar-refractivity contribution in [3.05, 3.63) is 59.9 Å². The smallest absolute Gasteiger partial charge is 0.251 e. The average Bonchev–Trinajstić information content (AvgIpc) is 3.08. The lowest BCUT2D eigenvalue weighted by Crippen LogP contribution is -2.40. The number of nitrogens with one attached hydrogen (secondary N) is 1. The van der Waals surface area contributed by atoms with Gasteiger partial charge in [0.1, 0.15) is 0 Å². The van der Waals surface area contributed by atoms with Crippen molar-refractivity contribution in [3.63, 3.8) is 0 Å². The van der Waals surface area contributed by atoms with E-state index in [1.54, 1.807) is 25.1 Å². The van der Waals surface area contributed by atoms with Crippen LogP contribution < -0.4 is 5.32 Å². The molecule has 2 aromatic rings. The number of hydrogen-bond donors (Lipinski definition) is 1. The number of amides is 1. The Bertz CT molecular complexity index is 661. The Morgan fingerprint density at radius 2 is 2.12 bits per heavy atom. The first kappa shape index (κ1) is 17.0. The van der Waals surface area contributed by atoms with Gasteiger partial charge in [-0.25, -0.2) is 0 Å². The van der Waals surface area contributed by atoms with Crippen LogP contribution >= 0.6 is 11.8 Å². The number of pyridine rings is 1. The molecule has 1 fully saturated rings. The van der Waals surface area contributed by atoms with E-state index in [2.05, 4.69) is 16.4 Å². The van der Waals surface area contributed by atoms with E-state index < -0.39 is 0 Å². The second-order valence-corrected chi connectivity index (χ2v) is 7.01. The molecule has 1 aromatic heterocycles. The topological polar surface area (TPSA) is 51.2 Å². The van der Waals surface area contributed by atoms with Crippen molar-refractivity contribution in [1.82, 2.24) is 10.3 Å². The highest BCUT2D eigenvalue weighted by atomic mass is 32.2. The van der Waals surface area contributed by atoms with Gasteiger partial charge in [-0.2, -0.15) is 0 Å². The van der Waals surface area contributed by atoms with E-state index in [1.165, 1.54) is 5.56 Å². The number of carbonyl (C=O) groups excluding carboxylic acids is 1. The maximum Gasteiger partial charge on any atom is 0.251 e. The third kappa shape index (κ3) is 4.36. The normalized spacial score (nSPS) is 20.0. The van der Waals surface area contributed by atoms with Crippen LogP contribution in [0.2, 0.25) is 0 Å². The van der Waals surface area contributed by atoms with Gasteiger partial charge in [0.15, 0.2) is 0 Å². The lowest BCUT2D eigenvalue weighted by Gasteiger charge is -2.19. The van der Waals surface area contributed by atoms with Gasteiger partial charge >= 0.3 is 0 Å². The summed E-state index contributed by atoms with van der Waals surface area (Å²) in [6, 6.07) is 11.9. The Hall–Kier alpha value is -1.85. The van der Waals surface area contributed by atoms with Crippen LogP contribution in [-0.2, 0) is 10.5 Å². The molecule has 24 heavy (non-hydrogen) atoms. The molecule has 4 nitrogen and oxygen atoms in total. The predicted molar refractivity (Wildman–Crippen MR) is 96.1 cm³/mol. The summed E-state index contributed by atoms with van der Waals surface area (Å²) in [7, 11) is 1.71. The molecular weight excluding hydrogens is 320 g/mol. The number of rotatable bonds is 6. The molecule has 2 atom stereocenters. The highest BCUT2D eigenvalue weighted by molar-refractivity contribution is 7.98. The van der Waals surface area contributed by atoms with Gasteiger partial charge in [-0.3, -0.25) is 9.78 Å². The van der Waals surface area contributed by atoms with Crippen LogP contribution in [-0.4, -0.2) is 30.1 Å². The van der Waals surface area contributed by atoms with Crippen LogP contribution in [0, 0.1) is 0 Å². The number of nitrogens with zero attached hydrogens (tertiary/aromatic N) is 1. The molecule has 1 aliphatic carbocycles. The molecule has 0 bridgehead atoms. The Labute approximate surface area is 147 Å². The van der Waals surface area contributed by atoms with Gasteiger partial charge < -0.3 is 10.1 Å². The van der Waals surface area contributed by atoms with Crippen molar-refractivity contribution in [2.75, 3.05) is 7.11 Å². The minimum Gasteiger partial charge on any atom is -0.379 e. The molecule has 0 unspecified atom stereocenters. The molecule has 1 aliphatic rings. The second kappa shape index (κ2) is 8.31. The molecule has 0 spiro atoms. The van der Waals surface area contributed by atoms with Gasteiger partial charge in [-0.05, 0) is 55.2 Å². The van der Waals surface area contributed by atoms with E-state index in [9.17, 15) is 4.79 Å². The highest BCUT2D eigenvalue weighted by Gasteiger charge is 2.28. The van der Waals surface area contributed by atoms with Crippen LogP contribution in [0.4, 0.5) is 0 Å². The highest BCUT2D eigenvalue weighted by Crippen LogP contribution is 2.24. The maximum atomic E-state index is 12.4. The molecule has 1 amide bonds. The first-order chi connectivity index (χ1) is 11.8. The SMILES string of the molecule is CO[C@H]1CCC[C@H]1NC(=O)c1ccc(SCc2cccnc2)cc1. The molecule has 0 saturated heterocycles. The van der Waals surface area contributed by atoms with Gasteiger partial charge in [-0.1, -0.05) is 6.07 Å². The molecule has 0 aliphatic heterocycles. The molecule has 0 radical (unpaired) electrons. The Morgan fingerprint density at radius 3 is 2.83 bits per heavy atom. The van der Waals surface area contributed by atoms with E-state index in [0.717, 1.165) is 29.9 Å². The number of methoxy groups -OCH3 is 1. The summed E-state index contributed by atoms with van der Waals surface area (Å²) in [5, 5.41) is 3.09. The monoisotopic (exact) mass is 342 g/mol. The van der Waals surface area contributed by atoms with Gasteiger partial charge in [0, 0.05) is 35.7 Å². The van der Waals surface area contributed by atoms with Crippen molar-refractivity contribution in [1.29, 1.82) is 0 Å². The zero-order valence-corrected chi connectivity index (χ0v) is 14.6. The van der Waals surface area contributed by atoms with Crippen molar-refractivity contribution in [2.45, 2.75) is 42.1 Å². The van der Waals surface area contributed by atoms with Gasteiger partial charge in [0.2, 0.25) is 0 Å². The molecule has 1 saturated carbocycles. The van der Waals surface area contributed by atoms with Crippen LogP contribution in [0.25, 0.3) is 0 Å². The lowest BCUT2D eigenvalue weighted by atomic mass is 10.1. The first-order valence-electron chi connectivity index (χ1n) is 8.21.